The number of carbonyl (C=O) groups excluding carboxylic acids is 1. The second-order valence-electron chi connectivity index (χ2n) is 6.94. The van der Waals surface area contributed by atoms with Crippen molar-refractivity contribution in [3.8, 4) is 5.75 Å². The number of anilines is 1. The zero-order valence-electron chi connectivity index (χ0n) is 16.4. The van der Waals surface area contributed by atoms with Crippen LogP contribution in [0.4, 0.5) is 5.69 Å². The molecule has 1 fully saturated rings. The van der Waals surface area contributed by atoms with Gasteiger partial charge < -0.3 is 9.64 Å². The molecule has 6 nitrogen and oxygen atoms in total. The van der Waals surface area contributed by atoms with Crippen molar-refractivity contribution in [2.24, 2.45) is 0 Å². The molecule has 0 bridgehead atoms. The Morgan fingerprint density at radius 1 is 1.18 bits per heavy atom. The molecule has 1 heterocycles. The number of nitrogens with zero attached hydrogens (tertiary/aromatic N) is 1. The van der Waals surface area contributed by atoms with Crippen LogP contribution in [-0.4, -0.2) is 27.5 Å². The molecule has 0 spiro atoms. The van der Waals surface area contributed by atoms with Crippen LogP contribution in [0.5, 0.6) is 5.75 Å². The number of hydrogen-bond donors (Lipinski definition) is 1. The number of ether oxygens (including phenoxy) is 1. The van der Waals surface area contributed by atoms with E-state index in [9.17, 15) is 13.2 Å². The number of rotatable bonds is 7. The summed E-state index contributed by atoms with van der Waals surface area (Å²) in [6.45, 7) is 6.81. The SMILES string of the molecule is CCOc1ccc(C(C)NS(=O)(=O)c2ccc(N3CCCC3=O)c(C)c2)cc1. The third kappa shape index (κ3) is 4.36. The Morgan fingerprint density at radius 3 is 2.46 bits per heavy atom. The Labute approximate surface area is 166 Å². The molecular weight excluding hydrogens is 376 g/mol. The van der Waals surface area contributed by atoms with E-state index in [2.05, 4.69) is 4.72 Å². The van der Waals surface area contributed by atoms with Crippen LogP contribution in [0.25, 0.3) is 0 Å². The molecule has 1 aliphatic rings. The number of benzene rings is 2. The Morgan fingerprint density at radius 2 is 1.89 bits per heavy atom. The number of nitrogens with one attached hydrogen (secondary N) is 1. The van der Waals surface area contributed by atoms with E-state index in [0.717, 1.165) is 29.0 Å². The number of sulfonamides is 1. The van der Waals surface area contributed by atoms with E-state index in [-0.39, 0.29) is 16.8 Å². The molecule has 7 heteroatoms. The highest BCUT2D eigenvalue weighted by Crippen LogP contribution is 2.28. The van der Waals surface area contributed by atoms with Crippen LogP contribution in [0.2, 0.25) is 0 Å². The molecule has 3 rings (SSSR count). The van der Waals surface area contributed by atoms with Gasteiger partial charge in [-0.15, -0.1) is 0 Å². The topological polar surface area (TPSA) is 75.7 Å². The summed E-state index contributed by atoms with van der Waals surface area (Å²) in [5, 5.41) is 0. The van der Waals surface area contributed by atoms with E-state index in [1.807, 2.05) is 38.1 Å². The van der Waals surface area contributed by atoms with Crippen LogP contribution in [0.15, 0.2) is 47.4 Å². The highest BCUT2D eigenvalue weighted by Gasteiger charge is 2.25. The number of carbonyl (C=O) groups is 1. The zero-order valence-corrected chi connectivity index (χ0v) is 17.3. The first-order valence-electron chi connectivity index (χ1n) is 9.48. The van der Waals surface area contributed by atoms with Crippen LogP contribution in [0.1, 0.15) is 43.9 Å². The molecule has 1 unspecified atom stereocenters. The standard InChI is InChI=1S/C21H26N2O4S/c1-4-27-18-9-7-17(8-10-18)16(3)22-28(25,26)19-11-12-20(15(2)14-19)23-13-5-6-21(23)24/h7-12,14,16,22H,4-6,13H2,1-3H3. The molecule has 1 amide bonds. The molecule has 1 saturated heterocycles. The first-order chi connectivity index (χ1) is 13.3. The summed E-state index contributed by atoms with van der Waals surface area (Å²) >= 11 is 0. The van der Waals surface area contributed by atoms with Gasteiger partial charge >= 0.3 is 0 Å². The monoisotopic (exact) mass is 402 g/mol. The zero-order chi connectivity index (χ0) is 20.3. The summed E-state index contributed by atoms with van der Waals surface area (Å²) in [7, 11) is -3.69. The van der Waals surface area contributed by atoms with Gasteiger partial charge in [0.2, 0.25) is 15.9 Å². The molecule has 1 N–H and O–H groups in total. The van der Waals surface area contributed by atoms with E-state index in [4.69, 9.17) is 4.74 Å². The summed E-state index contributed by atoms with van der Waals surface area (Å²) < 4.78 is 33.8. The Kier molecular flexibility index (Phi) is 6.05. The summed E-state index contributed by atoms with van der Waals surface area (Å²) in [5.41, 5.74) is 2.40. The van der Waals surface area contributed by atoms with Gasteiger partial charge in [-0.2, -0.15) is 0 Å². The molecule has 1 aliphatic heterocycles. The molecular formula is C21H26N2O4S. The van der Waals surface area contributed by atoms with Gasteiger partial charge in [-0.3, -0.25) is 4.79 Å². The molecule has 0 radical (unpaired) electrons. The fourth-order valence-electron chi connectivity index (χ4n) is 3.39. The summed E-state index contributed by atoms with van der Waals surface area (Å²) in [5.74, 6) is 0.838. The quantitative estimate of drug-likeness (QED) is 0.768. The van der Waals surface area contributed by atoms with Gasteiger partial charge in [0.25, 0.3) is 0 Å². The Balaban J connectivity index is 1.76. The van der Waals surface area contributed by atoms with Crippen LogP contribution >= 0.6 is 0 Å². The summed E-state index contributed by atoms with van der Waals surface area (Å²) in [6.07, 6.45) is 1.38. The normalized spacial score (nSPS) is 15.7. The molecule has 2 aromatic rings. The van der Waals surface area contributed by atoms with E-state index in [1.165, 1.54) is 0 Å². The van der Waals surface area contributed by atoms with Crippen molar-refractivity contribution in [2.75, 3.05) is 18.1 Å². The molecule has 2 aromatic carbocycles. The molecule has 0 aromatic heterocycles. The van der Waals surface area contributed by atoms with Gasteiger partial charge in [0.15, 0.2) is 0 Å². The van der Waals surface area contributed by atoms with Crippen molar-refractivity contribution in [1.82, 2.24) is 4.72 Å². The van der Waals surface area contributed by atoms with Gasteiger partial charge in [-0.25, -0.2) is 13.1 Å². The van der Waals surface area contributed by atoms with E-state index < -0.39 is 10.0 Å². The lowest BCUT2D eigenvalue weighted by Crippen LogP contribution is -2.28. The third-order valence-electron chi connectivity index (χ3n) is 4.87. The van der Waals surface area contributed by atoms with E-state index in [1.54, 1.807) is 30.0 Å². The van der Waals surface area contributed by atoms with Crippen molar-refractivity contribution < 1.29 is 17.9 Å². The average molecular weight is 403 g/mol. The number of amides is 1. The lowest BCUT2D eigenvalue weighted by molar-refractivity contribution is -0.117. The maximum Gasteiger partial charge on any atom is 0.241 e. The fourth-order valence-corrected chi connectivity index (χ4v) is 4.71. The highest BCUT2D eigenvalue weighted by molar-refractivity contribution is 7.89. The smallest absolute Gasteiger partial charge is 0.241 e. The number of hydrogen-bond acceptors (Lipinski definition) is 4. The molecule has 150 valence electrons. The molecule has 1 atom stereocenters. The summed E-state index contributed by atoms with van der Waals surface area (Å²) in [4.78, 5) is 13.9. The van der Waals surface area contributed by atoms with E-state index >= 15 is 0 Å². The Hall–Kier alpha value is -2.38. The largest absolute Gasteiger partial charge is 0.494 e. The first-order valence-corrected chi connectivity index (χ1v) is 11.0. The lowest BCUT2D eigenvalue weighted by Gasteiger charge is -2.20. The van der Waals surface area contributed by atoms with Crippen molar-refractivity contribution >= 4 is 21.6 Å². The van der Waals surface area contributed by atoms with Crippen molar-refractivity contribution in [2.45, 2.75) is 44.6 Å². The molecule has 0 aliphatic carbocycles. The van der Waals surface area contributed by atoms with Crippen molar-refractivity contribution in [3.05, 3.63) is 53.6 Å². The Bertz CT molecular complexity index is 955. The van der Waals surface area contributed by atoms with Crippen molar-refractivity contribution in [1.29, 1.82) is 0 Å². The number of aryl methyl sites for hydroxylation is 1. The fraction of sp³-hybridized carbons (Fsp3) is 0.381. The maximum atomic E-state index is 12.8. The minimum atomic E-state index is -3.69. The highest BCUT2D eigenvalue weighted by atomic mass is 32.2. The molecule has 28 heavy (non-hydrogen) atoms. The van der Waals surface area contributed by atoms with Crippen LogP contribution in [0.3, 0.4) is 0 Å². The second kappa shape index (κ2) is 8.32. The van der Waals surface area contributed by atoms with Gasteiger partial charge in [0.1, 0.15) is 5.75 Å². The second-order valence-corrected chi connectivity index (χ2v) is 8.66. The minimum Gasteiger partial charge on any atom is -0.494 e. The molecule has 0 saturated carbocycles. The van der Waals surface area contributed by atoms with Gasteiger partial charge in [0.05, 0.1) is 11.5 Å². The first kappa shape index (κ1) is 20.4. The van der Waals surface area contributed by atoms with Gasteiger partial charge in [-0.05, 0) is 68.7 Å². The van der Waals surface area contributed by atoms with Crippen LogP contribution in [-0.2, 0) is 14.8 Å². The van der Waals surface area contributed by atoms with E-state index in [0.29, 0.717) is 19.6 Å². The predicted octanol–water partition coefficient (Wildman–Crippen LogP) is 3.56. The van der Waals surface area contributed by atoms with Gasteiger partial charge in [-0.1, -0.05) is 12.1 Å². The summed E-state index contributed by atoms with van der Waals surface area (Å²) in [6, 6.07) is 11.9. The average Bonchev–Trinajstić information content (AvgIpc) is 3.08. The third-order valence-corrected chi connectivity index (χ3v) is 6.40. The van der Waals surface area contributed by atoms with Crippen LogP contribution < -0.4 is 14.4 Å². The maximum absolute atomic E-state index is 12.8. The van der Waals surface area contributed by atoms with Crippen LogP contribution in [0, 0.1) is 6.92 Å². The van der Waals surface area contributed by atoms with Crippen molar-refractivity contribution in [3.63, 3.8) is 0 Å². The minimum absolute atomic E-state index is 0.0842. The predicted molar refractivity (Wildman–Crippen MR) is 109 cm³/mol. The van der Waals surface area contributed by atoms with Gasteiger partial charge in [0, 0.05) is 24.7 Å². The lowest BCUT2D eigenvalue weighted by atomic mass is 10.1.